The maximum absolute atomic E-state index is 13.0. The number of rotatable bonds is 18. The lowest BCUT2D eigenvalue weighted by Gasteiger charge is -2.28. The summed E-state index contributed by atoms with van der Waals surface area (Å²) < 4.78 is 0. The van der Waals surface area contributed by atoms with Crippen molar-refractivity contribution < 1.29 is 9.59 Å². The third-order valence-electron chi connectivity index (χ3n) is 5.06. The Morgan fingerprint density at radius 1 is 0.581 bits per heavy atom. The Kier molecular flexibility index (Phi) is 18.6. The third kappa shape index (κ3) is 15.7. The quantitative estimate of drug-likeness (QED) is 0.239. The molecule has 0 radical (unpaired) electrons. The molecule has 0 spiro atoms. The zero-order valence-electron chi connectivity index (χ0n) is 18.9. The molecule has 31 heavy (non-hydrogen) atoms. The molecular weight excluding hydrogens is 392 g/mol. The van der Waals surface area contributed by atoms with E-state index >= 15 is 0 Å². The first-order chi connectivity index (χ1) is 15.1. The second-order valence-electron chi connectivity index (χ2n) is 7.65. The van der Waals surface area contributed by atoms with Crippen molar-refractivity contribution in [2.45, 2.75) is 77.0 Å². The molecule has 0 saturated heterocycles. The highest BCUT2D eigenvalue weighted by molar-refractivity contribution is 5.92. The highest BCUT2D eigenvalue weighted by Gasteiger charge is 2.24. The van der Waals surface area contributed by atoms with Gasteiger partial charge in [-0.1, -0.05) is 19.3 Å². The van der Waals surface area contributed by atoms with Crippen LogP contribution in [0.4, 0.5) is 9.59 Å². The van der Waals surface area contributed by atoms with Crippen molar-refractivity contribution in [2.75, 3.05) is 39.3 Å². The monoisotopic (exact) mass is 430 g/mol. The van der Waals surface area contributed by atoms with Crippen LogP contribution in [0.5, 0.6) is 0 Å². The number of nitrogens with zero attached hydrogens (tertiary/aromatic N) is 5. The van der Waals surface area contributed by atoms with Gasteiger partial charge in [0.15, 0.2) is 0 Å². The molecule has 0 atom stereocenters. The van der Waals surface area contributed by atoms with Gasteiger partial charge in [0, 0.05) is 38.9 Å². The molecule has 0 aliphatic carbocycles. The van der Waals surface area contributed by atoms with E-state index in [9.17, 15) is 9.59 Å². The summed E-state index contributed by atoms with van der Waals surface area (Å²) in [4.78, 5) is 37.8. The van der Waals surface area contributed by atoms with Crippen molar-refractivity contribution in [3.05, 3.63) is 34.3 Å². The van der Waals surface area contributed by atoms with Crippen LogP contribution in [0.15, 0.2) is 0 Å². The summed E-state index contributed by atoms with van der Waals surface area (Å²) in [5.74, 6) is 0. The molecule has 172 valence electrons. The summed E-state index contributed by atoms with van der Waals surface area (Å²) in [5.41, 5.74) is 5.50. The van der Waals surface area contributed by atoms with E-state index in [0.29, 0.717) is 45.7 Å². The van der Waals surface area contributed by atoms with Crippen molar-refractivity contribution in [1.82, 2.24) is 9.80 Å². The molecule has 0 aliphatic rings. The van der Waals surface area contributed by atoms with Crippen LogP contribution in [0.2, 0.25) is 0 Å². The lowest BCUT2D eigenvalue weighted by molar-refractivity contribution is 0.154. The fourth-order valence-corrected chi connectivity index (χ4v) is 3.28. The summed E-state index contributed by atoms with van der Waals surface area (Å²) >= 11 is 0. The first-order valence-corrected chi connectivity index (χ1v) is 11.4. The topological polar surface area (TPSA) is 79.7 Å². The van der Waals surface area contributed by atoms with Crippen molar-refractivity contribution in [1.29, 1.82) is 0 Å². The minimum Gasteiger partial charge on any atom is -0.351 e. The van der Waals surface area contributed by atoms with Gasteiger partial charge < -0.3 is 25.2 Å². The molecule has 0 heterocycles. The van der Waals surface area contributed by atoms with E-state index < -0.39 is 6.03 Å². The first-order valence-electron chi connectivity index (χ1n) is 11.4. The van der Waals surface area contributed by atoms with Gasteiger partial charge in [0.05, 0.1) is 0 Å². The molecule has 8 heteroatoms. The van der Waals surface area contributed by atoms with Crippen LogP contribution < -0.4 is 5.73 Å². The first kappa shape index (κ1) is 28.2. The van der Waals surface area contributed by atoms with Gasteiger partial charge in [0.1, 0.15) is 0 Å². The zero-order chi connectivity index (χ0) is 23.2. The predicted molar refractivity (Wildman–Crippen MR) is 123 cm³/mol. The number of urea groups is 2. The largest absolute Gasteiger partial charge is 0.351 e. The number of imide groups is 1. The van der Waals surface area contributed by atoms with Crippen molar-refractivity contribution in [3.8, 4) is 0 Å². The number of carbonyl (C=O) groups excluding carboxylic acids is 2. The van der Waals surface area contributed by atoms with Crippen LogP contribution in [-0.2, 0) is 0 Å². The van der Waals surface area contributed by atoms with Gasteiger partial charge in [-0.05, 0) is 38.5 Å². The van der Waals surface area contributed by atoms with Gasteiger partial charge in [-0.2, -0.15) is 0 Å². The van der Waals surface area contributed by atoms with Crippen molar-refractivity contribution >= 4 is 12.1 Å². The smallest absolute Gasteiger partial charge is 0.328 e. The summed E-state index contributed by atoms with van der Waals surface area (Å²) in [6.45, 7) is 23.5. The standard InChI is InChI=1S/C23H38N6O2/c1-25-16-10-4-7-13-19-28(20-14-8-5-11-17-26-2)23(31)29(22(24)30)21-15-9-6-12-18-27-3/h4-21H2,(H2,24,30). The number of amides is 4. The fourth-order valence-electron chi connectivity index (χ4n) is 3.28. The number of unbranched alkanes of at least 4 members (excludes halogenated alkanes) is 9. The van der Waals surface area contributed by atoms with Crippen molar-refractivity contribution in [2.24, 2.45) is 5.73 Å². The van der Waals surface area contributed by atoms with Gasteiger partial charge in [-0.15, -0.1) is 0 Å². The lowest BCUT2D eigenvalue weighted by Crippen LogP contribution is -2.49. The van der Waals surface area contributed by atoms with Crippen LogP contribution in [0.3, 0.4) is 0 Å². The van der Waals surface area contributed by atoms with Gasteiger partial charge in [0.25, 0.3) is 0 Å². The number of nitrogens with two attached hydrogens (primary N) is 1. The molecule has 0 saturated carbocycles. The van der Waals surface area contributed by atoms with Gasteiger partial charge in [-0.25, -0.2) is 34.2 Å². The van der Waals surface area contributed by atoms with Gasteiger partial charge >= 0.3 is 12.1 Å². The summed E-state index contributed by atoms with van der Waals surface area (Å²) in [6, 6.07) is -1.04. The Labute approximate surface area is 188 Å². The molecule has 0 unspecified atom stereocenters. The molecule has 0 bridgehead atoms. The normalized spacial score (nSPS) is 9.97. The Morgan fingerprint density at radius 2 is 0.935 bits per heavy atom. The Bertz CT molecular complexity index is 591. The van der Waals surface area contributed by atoms with Crippen LogP contribution in [0.25, 0.3) is 14.5 Å². The molecule has 0 fully saturated rings. The molecule has 8 nitrogen and oxygen atoms in total. The minimum absolute atomic E-state index is 0.304. The SMILES string of the molecule is [C-]#[N+]CCCCCCN(CCCCCC[N+]#[C-])C(=O)N(CCCCCC[N+]#[C-])C(N)=O. The molecule has 0 aromatic rings. The van der Waals surface area contributed by atoms with Crippen molar-refractivity contribution in [3.63, 3.8) is 0 Å². The van der Waals surface area contributed by atoms with Crippen LogP contribution in [0.1, 0.15) is 77.0 Å². The molecule has 2 N–H and O–H groups in total. The average molecular weight is 431 g/mol. The number of hydrogen-bond acceptors (Lipinski definition) is 2. The predicted octanol–water partition coefficient (Wildman–Crippen LogP) is 5.23. The Morgan fingerprint density at radius 3 is 1.29 bits per heavy atom. The molecule has 4 amide bonds. The van der Waals surface area contributed by atoms with E-state index in [4.69, 9.17) is 25.5 Å². The van der Waals surface area contributed by atoms with E-state index in [1.165, 1.54) is 0 Å². The maximum atomic E-state index is 13.0. The molecule has 0 rings (SSSR count). The summed E-state index contributed by atoms with van der Waals surface area (Å²) in [6.07, 6.45) is 10.5. The number of carbonyl (C=O) groups is 2. The summed E-state index contributed by atoms with van der Waals surface area (Å²) in [5, 5.41) is 0. The van der Waals surface area contributed by atoms with Gasteiger partial charge in [0.2, 0.25) is 19.6 Å². The Hall–Kier alpha value is -2.79. The molecular formula is C23H38N6O2. The highest BCUT2D eigenvalue weighted by atomic mass is 16.2. The Balaban J connectivity index is 4.65. The van der Waals surface area contributed by atoms with Gasteiger partial charge in [-0.3, -0.25) is 0 Å². The van der Waals surface area contributed by atoms with E-state index in [1.807, 2.05) is 0 Å². The van der Waals surface area contributed by atoms with E-state index in [-0.39, 0.29) is 6.03 Å². The highest BCUT2D eigenvalue weighted by Crippen LogP contribution is 2.11. The number of hydrogen-bond donors (Lipinski definition) is 1. The van der Waals surface area contributed by atoms with Crippen LogP contribution >= 0.6 is 0 Å². The molecule has 0 aromatic carbocycles. The van der Waals surface area contributed by atoms with Crippen LogP contribution in [-0.4, -0.2) is 61.1 Å². The van der Waals surface area contributed by atoms with Crippen LogP contribution in [0, 0.1) is 19.7 Å². The van der Waals surface area contributed by atoms with E-state index in [2.05, 4.69) is 14.5 Å². The fraction of sp³-hybridized carbons (Fsp3) is 0.783. The molecule has 0 aliphatic heterocycles. The molecule has 0 aromatic heterocycles. The third-order valence-corrected chi connectivity index (χ3v) is 5.06. The second kappa shape index (κ2) is 20.5. The average Bonchev–Trinajstić information content (AvgIpc) is 2.75. The number of primary amides is 1. The second-order valence-corrected chi connectivity index (χ2v) is 7.65. The minimum atomic E-state index is -0.717. The lowest BCUT2D eigenvalue weighted by atomic mass is 10.1. The van der Waals surface area contributed by atoms with E-state index in [1.54, 1.807) is 4.90 Å². The zero-order valence-corrected chi connectivity index (χ0v) is 18.9. The van der Waals surface area contributed by atoms with E-state index in [0.717, 1.165) is 75.5 Å². The maximum Gasteiger partial charge on any atom is 0.328 e. The summed E-state index contributed by atoms with van der Waals surface area (Å²) in [7, 11) is 0.